The van der Waals surface area contributed by atoms with E-state index >= 15 is 0 Å². The van der Waals surface area contributed by atoms with E-state index in [0.717, 1.165) is 0 Å². The first-order chi connectivity index (χ1) is 11.8. The number of amides is 2. The maximum atomic E-state index is 13.6. The smallest absolute Gasteiger partial charge is 0.240 e. The van der Waals surface area contributed by atoms with Crippen molar-refractivity contribution in [3.63, 3.8) is 0 Å². The third-order valence-corrected chi connectivity index (χ3v) is 3.53. The van der Waals surface area contributed by atoms with Crippen LogP contribution in [0, 0.1) is 17.5 Å². The average molecular weight is 352 g/mol. The van der Waals surface area contributed by atoms with Crippen LogP contribution in [0.5, 0.6) is 5.75 Å². The fraction of sp³-hybridized carbons (Fsp3) is 0.176. The number of hydrogen-bond donors (Lipinski definition) is 3. The van der Waals surface area contributed by atoms with E-state index < -0.39 is 47.3 Å². The SMILES string of the molecule is NC(=O)[C@@H](Cc1ccc(O)cc1)NC(=O)Cc1c(F)ccc(F)c1F. The molecule has 0 aliphatic carbocycles. The van der Waals surface area contributed by atoms with Crippen LogP contribution in [0.4, 0.5) is 13.2 Å². The summed E-state index contributed by atoms with van der Waals surface area (Å²) in [6.07, 6.45) is -0.760. The Morgan fingerprint density at radius 2 is 1.64 bits per heavy atom. The van der Waals surface area contributed by atoms with Crippen molar-refractivity contribution in [1.29, 1.82) is 0 Å². The van der Waals surface area contributed by atoms with E-state index in [1.807, 2.05) is 0 Å². The van der Waals surface area contributed by atoms with Crippen LogP contribution in [0.15, 0.2) is 36.4 Å². The summed E-state index contributed by atoms with van der Waals surface area (Å²) in [4.78, 5) is 23.5. The van der Waals surface area contributed by atoms with Crippen LogP contribution in [0.2, 0.25) is 0 Å². The van der Waals surface area contributed by atoms with Gasteiger partial charge in [0.2, 0.25) is 11.8 Å². The molecule has 0 radical (unpaired) electrons. The standard InChI is InChI=1S/C17H15F3N2O3/c18-12-5-6-13(19)16(20)11(12)8-15(24)22-14(17(21)25)7-9-1-3-10(23)4-2-9/h1-6,14,23H,7-8H2,(H2,21,25)(H,22,24)/t14-/m1/s1. The number of primary amides is 1. The van der Waals surface area contributed by atoms with Crippen LogP contribution in [0.25, 0.3) is 0 Å². The maximum Gasteiger partial charge on any atom is 0.240 e. The minimum absolute atomic E-state index is 0.0233. The lowest BCUT2D eigenvalue weighted by molar-refractivity contribution is -0.127. The Hall–Kier alpha value is -3.03. The van der Waals surface area contributed by atoms with E-state index in [2.05, 4.69) is 5.32 Å². The third-order valence-electron chi connectivity index (χ3n) is 3.53. The minimum atomic E-state index is -1.45. The van der Waals surface area contributed by atoms with E-state index in [9.17, 15) is 27.9 Å². The molecule has 1 atom stereocenters. The maximum absolute atomic E-state index is 13.6. The van der Waals surface area contributed by atoms with Crippen molar-refractivity contribution in [2.75, 3.05) is 0 Å². The van der Waals surface area contributed by atoms with Crippen molar-refractivity contribution in [1.82, 2.24) is 5.32 Å². The average Bonchev–Trinajstić information content (AvgIpc) is 2.56. The molecule has 0 spiro atoms. The number of hydrogen-bond acceptors (Lipinski definition) is 3. The zero-order valence-corrected chi connectivity index (χ0v) is 12.9. The number of nitrogens with one attached hydrogen (secondary N) is 1. The molecule has 0 aliphatic heterocycles. The van der Waals surface area contributed by atoms with Gasteiger partial charge in [0.1, 0.15) is 17.6 Å². The molecule has 25 heavy (non-hydrogen) atoms. The minimum Gasteiger partial charge on any atom is -0.508 e. The molecule has 2 rings (SSSR count). The van der Waals surface area contributed by atoms with Crippen LogP contribution in [-0.2, 0) is 22.4 Å². The summed E-state index contributed by atoms with van der Waals surface area (Å²) in [5.74, 6) is -5.50. The molecule has 2 aromatic carbocycles. The first-order valence-electron chi connectivity index (χ1n) is 7.27. The Bertz CT molecular complexity index is 794. The lowest BCUT2D eigenvalue weighted by atomic mass is 10.0. The van der Waals surface area contributed by atoms with Gasteiger partial charge >= 0.3 is 0 Å². The number of rotatable bonds is 6. The van der Waals surface area contributed by atoms with Gasteiger partial charge in [-0.2, -0.15) is 0 Å². The van der Waals surface area contributed by atoms with Gasteiger partial charge in [-0.15, -0.1) is 0 Å². The van der Waals surface area contributed by atoms with Crippen molar-refractivity contribution >= 4 is 11.8 Å². The lowest BCUT2D eigenvalue weighted by Gasteiger charge is -2.16. The largest absolute Gasteiger partial charge is 0.508 e. The van der Waals surface area contributed by atoms with Gasteiger partial charge in [-0.3, -0.25) is 9.59 Å². The van der Waals surface area contributed by atoms with Crippen molar-refractivity contribution in [2.45, 2.75) is 18.9 Å². The summed E-state index contributed by atoms with van der Waals surface area (Å²) >= 11 is 0. The monoisotopic (exact) mass is 352 g/mol. The van der Waals surface area contributed by atoms with Gasteiger partial charge in [0, 0.05) is 12.0 Å². The normalized spacial score (nSPS) is 11.8. The van der Waals surface area contributed by atoms with Gasteiger partial charge in [-0.25, -0.2) is 13.2 Å². The number of aromatic hydroxyl groups is 1. The highest BCUT2D eigenvalue weighted by molar-refractivity contribution is 5.87. The molecule has 4 N–H and O–H groups in total. The van der Waals surface area contributed by atoms with E-state index in [0.29, 0.717) is 17.7 Å². The summed E-state index contributed by atoms with van der Waals surface area (Å²) in [6, 6.07) is 6.05. The molecule has 0 saturated carbocycles. The van der Waals surface area contributed by atoms with Gasteiger partial charge in [0.15, 0.2) is 11.6 Å². The van der Waals surface area contributed by atoms with Gasteiger partial charge in [0.05, 0.1) is 6.42 Å². The van der Waals surface area contributed by atoms with Crippen LogP contribution >= 0.6 is 0 Å². The highest BCUT2D eigenvalue weighted by Gasteiger charge is 2.22. The molecule has 2 amide bonds. The Morgan fingerprint density at radius 1 is 1.04 bits per heavy atom. The van der Waals surface area contributed by atoms with Crippen molar-refractivity contribution in [2.24, 2.45) is 5.73 Å². The second kappa shape index (κ2) is 7.69. The molecule has 0 fully saturated rings. The predicted molar refractivity (Wildman–Crippen MR) is 83.0 cm³/mol. The highest BCUT2D eigenvalue weighted by Crippen LogP contribution is 2.17. The second-order valence-electron chi connectivity index (χ2n) is 5.39. The zero-order chi connectivity index (χ0) is 18.6. The molecular formula is C17H15F3N2O3. The number of halogens is 3. The Kier molecular flexibility index (Phi) is 5.63. The van der Waals surface area contributed by atoms with Gasteiger partial charge < -0.3 is 16.2 Å². The van der Waals surface area contributed by atoms with Crippen LogP contribution in [0.1, 0.15) is 11.1 Å². The number of phenolic OH excluding ortho intramolecular Hbond substituents is 1. The summed E-state index contributed by atoms with van der Waals surface area (Å²) in [5.41, 5.74) is 5.10. The first-order valence-corrected chi connectivity index (χ1v) is 7.27. The topological polar surface area (TPSA) is 92.4 Å². The summed E-state index contributed by atoms with van der Waals surface area (Å²) < 4.78 is 40.3. The molecule has 0 unspecified atom stereocenters. The Morgan fingerprint density at radius 3 is 2.24 bits per heavy atom. The molecule has 5 nitrogen and oxygen atoms in total. The van der Waals surface area contributed by atoms with Crippen LogP contribution < -0.4 is 11.1 Å². The molecular weight excluding hydrogens is 337 g/mol. The van der Waals surface area contributed by atoms with Crippen LogP contribution in [-0.4, -0.2) is 23.0 Å². The lowest BCUT2D eigenvalue weighted by Crippen LogP contribution is -2.46. The van der Waals surface area contributed by atoms with Gasteiger partial charge in [-0.05, 0) is 29.8 Å². The van der Waals surface area contributed by atoms with E-state index in [4.69, 9.17) is 5.73 Å². The van der Waals surface area contributed by atoms with E-state index in [1.165, 1.54) is 24.3 Å². The third kappa shape index (κ3) is 4.72. The summed E-state index contributed by atoms with van der Waals surface area (Å²) in [5, 5.41) is 11.5. The summed E-state index contributed by atoms with van der Waals surface area (Å²) in [6.45, 7) is 0. The zero-order valence-electron chi connectivity index (χ0n) is 12.9. The molecule has 0 saturated heterocycles. The number of carbonyl (C=O) groups is 2. The molecule has 0 heterocycles. The molecule has 0 aliphatic rings. The van der Waals surface area contributed by atoms with Gasteiger partial charge in [-0.1, -0.05) is 12.1 Å². The molecule has 2 aromatic rings. The number of carbonyl (C=O) groups excluding carboxylic acids is 2. The molecule has 8 heteroatoms. The van der Waals surface area contributed by atoms with Gasteiger partial charge in [0.25, 0.3) is 0 Å². The number of phenols is 1. The molecule has 132 valence electrons. The fourth-order valence-electron chi connectivity index (χ4n) is 2.23. The fourth-order valence-corrected chi connectivity index (χ4v) is 2.23. The van der Waals surface area contributed by atoms with E-state index in [-0.39, 0.29) is 12.2 Å². The molecule has 0 aromatic heterocycles. The van der Waals surface area contributed by atoms with Crippen molar-refractivity contribution < 1.29 is 27.9 Å². The highest BCUT2D eigenvalue weighted by atomic mass is 19.2. The van der Waals surface area contributed by atoms with Crippen molar-refractivity contribution in [3.05, 3.63) is 65.0 Å². The van der Waals surface area contributed by atoms with E-state index in [1.54, 1.807) is 0 Å². The Labute approximate surface area is 141 Å². The van der Waals surface area contributed by atoms with Crippen molar-refractivity contribution in [3.8, 4) is 5.75 Å². The number of nitrogens with two attached hydrogens (primary N) is 1. The summed E-state index contributed by atoms with van der Waals surface area (Å²) in [7, 11) is 0. The predicted octanol–water partition coefficient (Wildman–Crippen LogP) is 1.56. The second-order valence-corrected chi connectivity index (χ2v) is 5.39. The first kappa shape index (κ1) is 18.3. The quantitative estimate of drug-likeness (QED) is 0.689. The Balaban J connectivity index is 2.09. The molecule has 0 bridgehead atoms. The number of benzene rings is 2. The van der Waals surface area contributed by atoms with Crippen LogP contribution in [0.3, 0.4) is 0 Å².